The molecule has 1 N–H and O–H groups in total. The highest BCUT2D eigenvalue weighted by Gasteiger charge is 2.09. The lowest BCUT2D eigenvalue weighted by Crippen LogP contribution is -1.89. The second-order valence-corrected chi connectivity index (χ2v) is 5.11. The van der Waals surface area contributed by atoms with Crippen LogP contribution in [-0.4, -0.2) is 5.11 Å². The molecule has 94 valence electrons. The maximum atomic E-state index is 13.5. The molecule has 0 bridgehead atoms. The molecular weight excluding hydrogens is 278 g/mol. The predicted octanol–water partition coefficient (Wildman–Crippen LogP) is 4.26. The van der Waals surface area contributed by atoms with Gasteiger partial charge in [0.05, 0.1) is 11.5 Å². The molecule has 0 aliphatic heterocycles. The molecule has 0 unspecified atom stereocenters. The van der Waals surface area contributed by atoms with Crippen molar-refractivity contribution in [3.63, 3.8) is 0 Å². The van der Waals surface area contributed by atoms with Crippen LogP contribution in [0.1, 0.15) is 5.56 Å². The minimum absolute atomic E-state index is 0.173. The molecule has 0 aliphatic carbocycles. The Bertz CT molecular complexity index is 575. The quantitative estimate of drug-likeness (QED) is 0.910. The maximum absolute atomic E-state index is 13.5. The van der Waals surface area contributed by atoms with Crippen LogP contribution in [0.25, 0.3) is 0 Å². The normalized spacial score (nSPS) is 10.7. The van der Waals surface area contributed by atoms with Crippen molar-refractivity contribution in [1.29, 1.82) is 0 Å². The van der Waals surface area contributed by atoms with E-state index in [4.69, 9.17) is 11.6 Å². The molecule has 18 heavy (non-hydrogen) atoms. The van der Waals surface area contributed by atoms with Crippen LogP contribution in [-0.2, 0) is 6.61 Å². The summed E-state index contributed by atoms with van der Waals surface area (Å²) in [5, 5.41) is 9.69. The third-order valence-electron chi connectivity index (χ3n) is 2.31. The first-order chi connectivity index (χ1) is 8.60. The zero-order valence-electron chi connectivity index (χ0n) is 9.16. The summed E-state index contributed by atoms with van der Waals surface area (Å²) in [7, 11) is 0. The van der Waals surface area contributed by atoms with Crippen LogP contribution < -0.4 is 0 Å². The van der Waals surface area contributed by atoms with Crippen molar-refractivity contribution in [1.82, 2.24) is 0 Å². The van der Waals surface area contributed by atoms with E-state index < -0.39 is 11.6 Å². The summed E-state index contributed by atoms with van der Waals surface area (Å²) in [6.45, 7) is -0.209. The van der Waals surface area contributed by atoms with Crippen LogP contribution in [0.2, 0.25) is 5.02 Å². The van der Waals surface area contributed by atoms with E-state index in [1.54, 1.807) is 18.2 Å². The highest BCUT2D eigenvalue weighted by atomic mass is 35.5. The highest BCUT2D eigenvalue weighted by Crippen LogP contribution is 2.33. The van der Waals surface area contributed by atoms with Crippen LogP contribution in [0.15, 0.2) is 46.2 Å². The monoisotopic (exact) mass is 286 g/mol. The van der Waals surface area contributed by atoms with Gasteiger partial charge in [-0.15, -0.1) is 0 Å². The number of hydrogen-bond acceptors (Lipinski definition) is 2. The second-order valence-electron chi connectivity index (χ2n) is 3.59. The van der Waals surface area contributed by atoms with Crippen molar-refractivity contribution >= 4 is 23.4 Å². The minimum atomic E-state index is -0.501. The Morgan fingerprint density at radius 2 is 1.83 bits per heavy atom. The van der Waals surface area contributed by atoms with Crippen molar-refractivity contribution in [3.8, 4) is 0 Å². The third kappa shape index (κ3) is 3.02. The molecule has 0 aliphatic rings. The van der Waals surface area contributed by atoms with Crippen molar-refractivity contribution in [2.45, 2.75) is 16.4 Å². The van der Waals surface area contributed by atoms with E-state index in [0.29, 0.717) is 15.5 Å². The summed E-state index contributed by atoms with van der Waals surface area (Å²) in [6, 6.07) is 8.17. The van der Waals surface area contributed by atoms with Crippen molar-refractivity contribution < 1.29 is 13.9 Å². The fourth-order valence-corrected chi connectivity index (χ4v) is 2.60. The first-order valence-corrected chi connectivity index (χ1v) is 6.32. The molecule has 0 amide bonds. The molecular formula is C13H9ClF2OS. The fourth-order valence-electron chi connectivity index (χ4n) is 1.45. The van der Waals surface area contributed by atoms with E-state index in [1.165, 1.54) is 0 Å². The SMILES string of the molecule is OCc1cc(Cl)ccc1Sc1cc(F)ccc1F. The smallest absolute Gasteiger partial charge is 0.137 e. The molecule has 5 heteroatoms. The van der Waals surface area contributed by atoms with Crippen molar-refractivity contribution in [2.24, 2.45) is 0 Å². The van der Waals surface area contributed by atoms with E-state index in [9.17, 15) is 13.9 Å². The molecule has 0 atom stereocenters. The van der Waals surface area contributed by atoms with Gasteiger partial charge >= 0.3 is 0 Å². The first-order valence-electron chi connectivity index (χ1n) is 5.12. The second kappa shape index (κ2) is 5.69. The Balaban J connectivity index is 2.36. The third-order valence-corrected chi connectivity index (χ3v) is 3.69. The van der Waals surface area contributed by atoms with Gasteiger partial charge in [-0.25, -0.2) is 8.78 Å². The first kappa shape index (κ1) is 13.3. The number of halogens is 3. The summed E-state index contributed by atoms with van der Waals surface area (Å²) in [4.78, 5) is 0.818. The number of aliphatic hydroxyl groups excluding tert-OH is 1. The zero-order chi connectivity index (χ0) is 13.1. The zero-order valence-corrected chi connectivity index (χ0v) is 10.7. The van der Waals surface area contributed by atoms with Gasteiger partial charge in [-0.05, 0) is 42.0 Å². The Morgan fingerprint density at radius 1 is 1.06 bits per heavy atom. The summed E-state index contributed by atoms with van der Waals surface area (Å²) in [5.74, 6) is -1.00. The Hall–Kier alpha value is -1.10. The highest BCUT2D eigenvalue weighted by molar-refractivity contribution is 7.99. The molecule has 0 radical (unpaired) electrons. The van der Waals surface area contributed by atoms with Gasteiger partial charge in [-0.3, -0.25) is 0 Å². The molecule has 0 aromatic heterocycles. The fraction of sp³-hybridized carbons (Fsp3) is 0.0769. The average Bonchev–Trinajstić information content (AvgIpc) is 2.36. The lowest BCUT2D eigenvalue weighted by Gasteiger charge is -2.08. The van der Waals surface area contributed by atoms with Gasteiger partial charge < -0.3 is 5.11 Å². The number of benzene rings is 2. The summed E-state index contributed by atoms with van der Waals surface area (Å²) in [5.41, 5.74) is 0.580. The molecule has 2 aromatic rings. The predicted molar refractivity (Wildman–Crippen MR) is 67.9 cm³/mol. The molecule has 2 rings (SSSR count). The summed E-state index contributed by atoms with van der Waals surface area (Å²) >= 11 is 6.86. The van der Waals surface area contributed by atoms with Crippen LogP contribution in [0, 0.1) is 11.6 Å². The Labute approximate surface area is 112 Å². The number of rotatable bonds is 3. The maximum Gasteiger partial charge on any atom is 0.137 e. The van der Waals surface area contributed by atoms with E-state index in [0.717, 1.165) is 30.0 Å². The Morgan fingerprint density at radius 3 is 2.56 bits per heavy atom. The lowest BCUT2D eigenvalue weighted by atomic mass is 10.2. The van der Waals surface area contributed by atoms with Crippen LogP contribution in [0.4, 0.5) is 8.78 Å². The van der Waals surface area contributed by atoms with Gasteiger partial charge in [-0.2, -0.15) is 0 Å². The average molecular weight is 287 g/mol. The molecule has 1 nitrogen and oxygen atoms in total. The van der Waals surface area contributed by atoms with Crippen molar-refractivity contribution in [2.75, 3.05) is 0 Å². The van der Waals surface area contributed by atoms with Crippen LogP contribution in [0.5, 0.6) is 0 Å². The molecule has 0 spiro atoms. The lowest BCUT2D eigenvalue weighted by molar-refractivity contribution is 0.279. The molecule has 2 aromatic carbocycles. The number of aliphatic hydroxyl groups is 1. The van der Waals surface area contributed by atoms with E-state index >= 15 is 0 Å². The van der Waals surface area contributed by atoms with Gasteiger partial charge in [0.1, 0.15) is 11.6 Å². The largest absolute Gasteiger partial charge is 0.392 e. The van der Waals surface area contributed by atoms with Crippen LogP contribution in [0.3, 0.4) is 0 Å². The summed E-state index contributed by atoms with van der Waals surface area (Å²) in [6.07, 6.45) is 0. The van der Waals surface area contributed by atoms with Crippen molar-refractivity contribution in [3.05, 3.63) is 58.6 Å². The number of hydrogen-bond donors (Lipinski definition) is 1. The minimum Gasteiger partial charge on any atom is -0.392 e. The molecule has 0 saturated carbocycles. The summed E-state index contributed by atoms with van der Waals surface area (Å²) < 4.78 is 26.5. The van der Waals surface area contributed by atoms with Gasteiger partial charge in [0, 0.05) is 9.92 Å². The topological polar surface area (TPSA) is 20.2 Å². The molecule has 0 saturated heterocycles. The Kier molecular flexibility index (Phi) is 4.22. The van der Waals surface area contributed by atoms with E-state index in [-0.39, 0.29) is 11.5 Å². The molecule has 0 fully saturated rings. The van der Waals surface area contributed by atoms with Gasteiger partial charge in [0.15, 0.2) is 0 Å². The van der Waals surface area contributed by atoms with Gasteiger partial charge in [-0.1, -0.05) is 23.4 Å². The van der Waals surface area contributed by atoms with E-state index in [2.05, 4.69) is 0 Å². The van der Waals surface area contributed by atoms with Crippen LogP contribution >= 0.6 is 23.4 Å². The van der Waals surface area contributed by atoms with Gasteiger partial charge in [0.2, 0.25) is 0 Å². The van der Waals surface area contributed by atoms with Gasteiger partial charge in [0.25, 0.3) is 0 Å². The standard InChI is InChI=1S/C13H9ClF2OS/c14-9-1-4-12(8(5-9)7-17)18-13-6-10(15)2-3-11(13)16/h1-6,17H,7H2. The molecule has 0 heterocycles. The van der Waals surface area contributed by atoms with E-state index in [1.807, 2.05) is 0 Å².